The minimum atomic E-state index is -0.251. The van der Waals surface area contributed by atoms with Gasteiger partial charge in [-0.05, 0) is 48.6 Å². The highest BCUT2D eigenvalue weighted by atomic mass is 35.5. The van der Waals surface area contributed by atoms with Crippen LogP contribution in [0.1, 0.15) is 48.6 Å². The van der Waals surface area contributed by atoms with Gasteiger partial charge in [-0.3, -0.25) is 0 Å². The van der Waals surface area contributed by atoms with Crippen LogP contribution in [-0.2, 0) is 0 Å². The molecule has 5 heteroatoms. The predicted octanol–water partition coefficient (Wildman–Crippen LogP) is 5.36. The van der Waals surface area contributed by atoms with Crippen molar-refractivity contribution >= 4 is 28.6 Å². The summed E-state index contributed by atoms with van der Waals surface area (Å²) in [4.78, 5) is 1.26. The van der Waals surface area contributed by atoms with E-state index in [1.54, 1.807) is 11.3 Å². The third-order valence-electron chi connectivity index (χ3n) is 5.29. The van der Waals surface area contributed by atoms with Crippen LogP contribution in [-0.4, -0.2) is 10.7 Å². The van der Waals surface area contributed by atoms with Crippen LogP contribution in [0.4, 0.5) is 0 Å². The first kappa shape index (κ1) is 14.8. The minimum absolute atomic E-state index is 0.169. The molecule has 1 N–H and O–H groups in total. The third kappa shape index (κ3) is 2.20. The maximum Gasteiger partial charge on any atom is 0.180 e. The molecule has 1 unspecified atom stereocenters. The number of rotatable bonds is 1. The summed E-state index contributed by atoms with van der Waals surface area (Å²) in [6.45, 7) is 0. The zero-order valence-electron chi connectivity index (χ0n) is 13.3. The average Bonchev–Trinajstić information content (AvgIpc) is 3.26. The summed E-state index contributed by atoms with van der Waals surface area (Å²) in [7, 11) is 0. The number of benzene rings is 1. The van der Waals surface area contributed by atoms with E-state index in [1.807, 2.05) is 18.2 Å². The molecule has 0 saturated heterocycles. The van der Waals surface area contributed by atoms with E-state index in [1.165, 1.54) is 29.8 Å². The van der Waals surface area contributed by atoms with Crippen LogP contribution in [0.15, 0.2) is 41.8 Å². The van der Waals surface area contributed by atoms with Crippen molar-refractivity contribution in [3.8, 4) is 5.75 Å². The van der Waals surface area contributed by atoms with Gasteiger partial charge in [0.2, 0.25) is 0 Å². The Kier molecular flexibility index (Phi) is 3.40. The van der Waals surface area contributed by atoms with E-state index in [4.69, 9.17) is 16.3 Å². The van der Waals surface area contributed by atoms with Crippen molar-refractivity contribution < 1.29 is 4.74 Å². The van der Waals surface area contributed by atoms with Gasteiger partial charge in [0.15, 0.2) is 5.72 Å². The summed E-state index contributed by atoms with van der Waals surface area (Å²) in [6.07, 6.45) is 8.15. The molecule has 24 heavy (non-hydrogen) atoms. The Morgan fingerprint density at radius 2 is 2.08 bits per heavy atom. The van der Waals surface area contributed by atoms with Gasteiger partial charge >= 0.3 is 0 Å². The molecule has 0 radical (unpaired) electrons. The number of halogens is 1. The van der Waals surface area contributed by atoms with Gasteiger partial charge in [-0.2, -0.15) is 5.01 Å². The Hall–Kier alpha value is -1.49. The van der Waals surface area contributed by atoms with Crippen LogP contribution in [0.5, 0.6) is 5.75 Å². The molecule has 1 fully saturated rings. The molecule has 124 valence electrons. The number of ether oxygens (including phenoxy) is 1. The van der Waals surface area contributed by atoms with Gasteiger partial charge in [-0.25, -0.2) is 0 Å². The number of fused-ring (bicyclic) bond motifs is 4. The zero-order valence-corrected chi connectivity index (χ0v) is 14.9. The molecule has 3 aliphatic rings. The van der Waals surface area contributed by atoms with Crippen LogP contribution in [0.2, 0.25) is 5.02 Å². The Morgan fingerprint density at radius 1 is 1.21 bits per heavy atom. The van der Waals surface area contributed by atoms with Crippen molar-refractivity contribution in [1.29, 1.82) is 0 Å². The standard InChI is InChI=1S/C19H19ClN2OS/c20-13-6-7-17-14(11-13)16-12-15(18-5-4-10-24-18)21-22(16)19(23-17)8-2-1-3-9-19/h4-7,10-12,16,21H,1-3,8-9H2. The lowest BCUT2D eigenvalue weighted by atomic mass is 9.87. The van der Waals surface area contributed by atoms with E-state index in [0.29, 0.717) is 0 Å². The van der Waals surface area contributed by atoms with Gasteiger partial charge in [-0.1, -0.05) is 24.1 Å². The average molecular weight is 359 g/mol. The first-order valence-corrected chi connectivity index (χ1v) is 9.81. The first-order chi connectivity index (χ1) is 11.8. The molecule has 2 aliphatic heterocycles. The molecular formula is C19H19ClN2OS. The van der Waals surface area contributed by atoms with Crippen LogP contribution in [0.25, 0.3) is 5.70 Å². The van der Waals surface area contributed by atoms with E-state index < -0.39 is 0 Å². The fourth-order valence-electron chi connectivity index (χ4n) is 4.17. The summed E-state index contributed by atoms with van der Waals surface area (Å²) in [5.41, 5.74) is 5.73. The predicted molar refractivity (Wildman–Crippen MR) is 97.9 cm³/mol. The zero-order chi connectivity index (χ0) is 16.1. The number of nitrogens with zero attached hydrogens (tertiary/aromatic N) is 1. The van der Waals surface area contributed by atoms with E-state index in [2.05, 4.69) is 34.0 Å². The summed E-state index contributed by atoms with van der Waals surface area (Å²) >= 11 is 8.03. The number of thiophene rings is 1. The molecule has 1 saturated carbocycles. The number of hydrogen-bond donors (Lipinski definition) is 1. The molecule has 3 nitrogen and oxygen atoms in total. The Morgan fingerprint density at radius 3 is 2.88 bits per heavy atom. The summed E-state index contributed by atoms with van der Waals surface area (Å²) in [6, 6.07) is 10.4. The van der Waals surface area contributed by atoms with Crippen molar-refractivity contribution in [3.05, 3.63) is 57.3 Å². The van der Waals surface area contributed by atoms with Crippen LogP contribution < -0.4 is 10.2 Å². The molecule has 1 spiro atoms. The molecule has 1 aliphatic carbocycles. The second-order valence-electron chi connectivity index (χ2n) is 6.78. The molecule has 3 heterocycles. The number of nitrogens with one attached hydrogen (secondary N) is 1. The molecular weight excluding hydrogens is 340 g/mol. The second-order valence-corrected chi connectivity index (χ2v) is 8.16. The van der Waals surface area contributed by atoms with Crippen LogP contribution in [0.3, 0.4) is 0 Å². The van der Waals surface area contributed by atoms with Gasteiger partial charge in [0.05, 0.1) is 16.6 Å². The number of hydrazine groups is 1. The van der Waals surface area contributed by atoms with E-state index in [0.717, 1.165) is 29.2 Å². The van der Waals surface area contributed by atoms with Crippen molar-refractivity contribution in [1.82, 2.24) is 10.4 Å². The Labute approximate surface area is 150 Å². The van der Waals surface area contributed by atoms with Crippen molar-refractivity contribution in [3.63, 3.8) is 0 Å². The maximum absolute atomic E-state index is 6.57. The monoisotopic (exact) mass is 358 g/mol. The summed E-state index contributed by atoms with van der Waals surface area (Å²) < 4.78 is 6.57. The van der Waals surface area contributed by atoms with E-state index in [-0.39, 0.29) is 11.8 Å². The van der Waals surface area contributed by atoms with Crippen molar-refractivity contribution in [2.45, 2.75) is 43.9 Å². The lowest BCUT2D eigenvalue weighted by Gasteiger charge is -2.50. The molecule has 1 aromatic carbocycles. The quantitative estimate of drug-likeness (QED) is 0.743. The van der Waals surface area contributed by atoms with Crippen molar-refractivity contribution in [2.75, 3.05) is 0 Å². The first-order valence-electron chi connectivity index (χ1n) is 8.55. The van der Waals surface area contributed by atoms with Crippen LogP contribution in [0, 0.1) is 0 Å². The minimum Gasteiger partial charge on any atom is -0.471 e. The Bertz CT molecular complexity index is 796. The topological polar surface area (TPSA) is 24.5 Å². The third-order valence-corrected chi connectivity index (χ3v) is 6.43. The van der Waals surface area contributed by atoms with E-state index in [9.17, 15) is 0 Å². The molecule has 2 aromatic rings. The fourth-order valence-corrected chi connectivity index (χ4v) is 5.05. The SMILES string of the molecule is Clc1ccc2c(c1)C1C=C(c3cccs3)NN1C1(CCCCC1)O2. The lowest BCUT2D eigenvalue weighted by molar-refractivity contribution is -0.150. The highest BCUT2D eigenvalue weighted by molar-refractivity contribution is 7.11. The summed E-state index contributed by atoms with van der Waals surface area (Å²) in [5, 5.41) is 5.21. The molecule has 1 atom stereocenters. The highest BCUT2D eigenvalue weighted by Gasteiger charge is 2.50. The van der Waals surface area contributed by atoms with Gasteiger partial charge < -0.3 is 10.2 Å². The lowest BCUT2D eigenvalue weighted by Crippen LogP contribution is -2.60. The van der Waals surface area contributed by atoms with E-state index >= 15 is 0 Å². The highest BCUT2D eigenvalue weighted by Crippen LogP contribution is 2.50. The maximum atomic E-state index is 6.57. The number of hydrogen-bond acceptors (Lipinski definition) is 4. The largest absolute Gasteiger partial charge is 0.471 e. The normalized spacial score (nSPS) is 24.7. The molecule has 5 rings (SSSR count). The van der Waals surface area contributed by atoms with Gasteiger partial charge in [0.1, 0.15) is 5.75 Å². The van der Waals surface area contributed by atoms with Crippen molar-refractivity contribution in [2.24, 2.45) is 0 Å². The smallest absolute Gasteiger partial charge is 0.180 e. The van der Waals surface area contributed by atoms with Gasteiger partial charge in [0, 0.05) is 23.4 Å². The van der Waals surface area contributed by atoms with Crippen LogP contribution >= 0.6 is 22.9 Å². The fraction of sp³-hybridized carbons (Fsp3) is 0.368. The van der Waals surface area contributed by atoms with Gasteiger partial charge in [-0.15, -0.1) is 11.3 Å². The second kappa shape index (κ2) is 5.51. The molecule has 0 bridgehead atoms. The molecule has 0 amide bonds. The van der Waals surface area contributed by atoms with Gasteiger partial charge in [0.25, 0.3) is 0 Å². The Balaban J connectivity index is 1.62. The molecule has 1 aromatic heterocycles. The summed E-state index contributed by atoms with van der Waals surface area (Å²) in [5.74, 6) is 0.980.